The number of ketones is 1. The Balaban J connectivity index is 1.65. The summed E-state index contributed by atoms with van der Waals surface area (Å²) in [6.07, 6.45) is 5.69. The molecule has 6 nitrogen and oxygen atoms in total. The Morgan fingerprint density at radius 2 is 2.03 bits per heavy atom. The SMILES string of the molecule is CC1=C[C@]23C(=O)[C@@H](C=C(CO)[C@@H](O)[C@]2(O)[C@H]1OC(=O)C1=CCCC1)[C@H]1[C@@H](C[C@H]3C)C1(C)C. The number of fused-ring (bicyclic) bond motifs is 3. The molecule has 0 amide bonds. The second-order valence-corrected chi connectivity index (χ2v) is 11.3. The number of aliphatic hydroxyl groups excluding tert-OH is 2. The molecule has 1 spiro atoms. The maximum Gasteiger partial charge on any atom is 0.334 e. The lowest BCUT2D eigenvalue weighted by Gasteiger charge is -2.48. The molecule has 0 aromatic carbocycles. The van der Waals surface area contributed by atoms with Crippen LogP contribution in [0, 0.1) is 34.5 Å². The van der Waals surface area contributed by atoms with Gasteiger partial charge in [0.05, 0.1) is 12.0 Å². The van der Waals surface area contributed by atoms with E-state index in [4.69, 9.17) is 4.74 Å². The Hall–Kier alpha value is -1.76. The first-order valence-electron chi connectivity index (χ1n) is 11.9. The predicted octanol–water partition coefficient (Wildman–Crippen LogP) is 2.48. The first kappa shape index (κ1) is 22.1. The molecule has 6 heteroatoms. The minimum absolute atomic E-state index is 0.0150. The third-order valence-corrected chi connectivity index (χ3v) is 9.42. The van der Waals surface area contributed by atoms with Gasteiger partial charge in [-0.25, -0.2) is 4.79 Å². The maximum absolute atomic E-state index is 14.2. The monoisotopic (exact) mass is 442 g/mol. The zero-order chi connectivity index (χ0) is 23.2. The summed E-state index contributed by atoms with van der Waals surface area (Å²) < 4.78 is 5.85. The van der Waals surface area contributed by atoms with Crippen LogP contribution in [0.5, 0.6) is 0 Å². The van der Waals surface area contributed by atoms with E-state index < -0.39 is 41.7 Å². The third-order valence-electron chi connectivity index (χ3n) is 9.42. The maximum atomic E-state index is 14.2. The quantitative estimate of drug-likeness (QED) is 0.458. The molecule has 0 unspecified atom stereocenters. The van der Waals surface area contributed by atoms with Crippen LogP contribution in [-0.2, 0) is 14.3 Å². The molecule has 0 saturated heterocycles. The van der Waals surface area contributed by atoms with Crippen molar-refractivity contribution >= 4 is 11.8 Å². The Labute approximate surface area is 189 Å². The van der Waals surface area contributed by atoms with E-state index >= 15 is 0 Å². The molecule has 0 aromatic rings. The lowest BCUT2D eigenvalue weighted by atomic mass is 9.59. The molecule has 0 radical (unpaired) electrons. The summed E-state index contributed by atoms with van der Waals surface area (Å²) in [4.78, 5) is 27.1. The first-order chi connectivity index (χ1) is 15.0. The van der Waals surface area contributed by atoms with Gasteiger partial charge in [-0.05, 0) is 66.9 Å². The lowest BCUT2D eigenvalue weighted by Crippen LogP contribution is -2.65. The average molecular weight is 443 g/mol. The number of allylic oxidation sites excluding steroid dienone is 2. The van der Waals surface area contributed by atoms with Gasteiger partial charge in [-0.15, -0.1) is 0 Å². The van der Waals surface area contributed by atoms with Gasteiger partial charge in [-0.3, -0.25) is 4.79 Å². The zero-order valence-corrected chi connectivity index (χ0v) is 19.3. The van der Waals surface area contributed by atoms with Crippen molar-refractivity contribution in [2.24, 2.45) is 34.5 Å². The second-order valence-electron chi connectivity index (χ2n) is 11.3. The van der Waals surface area contributed by atoms with Crippen molar-refractivity contribution in [3.63, 3.8) is 0 Å². The van der Waals surface area contributed by atoms with E-state index in [1.165, 1.54) is 0 Å². The number of hydrogen-bond acceptors (Lipinski definition) is 6. The van der Waals surface area contributed by atoms with Gasteiger partial charge in [0, 0.05) is 11.5 Å². The normalized spacial score (nSPS) is 46.2. The predicted molar refractivity (Wildman–Crippen MR) is 117 cm³/mol. The van der Waals surface area contributed by atoms with Gasteiger partial charge < -0.3 is 20.1 Å². The summed E-state index contributed by atoms with van der Waals surface area (Å²) in [5, 5.41) is 33.9. The lowest BCUT2D eigenvalue weighted by molar-refractivity contribution is -0.201. The number of carbonyl (C=O) groups excluding carboxylic acids is 2. The summed E-state index contributed by atoms with van der Waals surface area (Å²) >= 11 is 0. The van der Waals surface area contributed by atoms with Crippen molar-refractivity contribution in [3.05, 3.63) is 34.9 Å². The summed E-state index contributed by atoms with van der Waals surface area (Å²) in [5.74, 6) is -0.976. The fourth-order valence-corrected chi connectivity index (χ4v) is 7.63. The van der Waals surface area contributed by atoms with Crippen molar-refractivity contribution in [2.75, 3.05) is 6.61 Å². The molecule has 32 heavy (non-hydrogen) atoms. The zero-order valence-electron chi connectivity index (χ0n) is 19.3. The third kappa shape index (κ3) is 2.52. The average Bonchev–Trinajstić information content (AvgIpc) is 3.09. The van der Waals surface area contributed by atoms with Gasteiger partial charge in [0.15, 0.2) is 17.5 Å². The van der Waals surface area contributed by atoms with Crippen LogP contribution in [0.3, 0.4) is 0 Å². The fourth-order valence-electron chi connectivity index (χ4n) is 7.63. The van der Waals surface area contributed by atoms with Crippen LogP contribution in [0.15, 0.2) is 34.9 Å². The Kier molecular flexibility index (Phi) is 4.74. The van der Waals surface area contributed by atoms with Crippen LogP contribution in [0.2, 0.25) is 0 Å². The Bertz CT molecular complexity index is 973. The molecule has 5 aliphatic carbocycles. The van der Waals surface area contributed by atoms with Crippen molar-refractivity contribution in [1.82, 2.24) is 0 Å². The van der Waals surface area contributed by atoms with Crippen molar-refractivity contribution in [3.8, 4) is 0 Å². The van der Waals surface area contributed by atoms with Crippen molar-refractivity contribution in [1.29, 1.82) is 0 Å². The molecule has 8 atom stereocenters. The van der Waals surface area contributed by atoms with Crippen molar-refractivity contribution in [2.45, 2.75) is 71.2 Å². The van der Waals surface area contributed by atoms with Gasteiger partial charge in [-0.1, -0.05) is 39.0 Å². The number of ether oxygens (including phenoxy) is 1. The molecular weight excluding hydrogens is 408 g/mol. The van der Waals surface area contributed by atoms with Gasteiger partial charge >= 0.3 is 5.97 Å². The molecule has 5 rings (SSSR count). The van der Waals surface area contributed by atoms with Crippen molar-refractivity contribution < 1.29 is 29.6 Å². The van der Waals surface area contributed by atoms with E-state index in [2.05, 4.69) is 13.8 Å². The highest BCUT2D eigenvalue weighted by Crippen LogP contribution is 2.71. The van der Waals surface area contributed by atoms with Crippen LogP contribution in [-0.4, -0.2) is 51.5 Å². The highest BCUT2D eigenvalue weighted by molar-refractivity contribution is 5.96. The summed E-state index contributed by atoms with van der Waals surface area (Å²) in [7, 11) is 0. The minimum atomic E-state index is -2.06. The summed E-state index contributed by atoms with van der Waals surface area (Å²) in [6, 6.07) is 0. The molecule has 174 valence electrons. The number of aliphatic hydroxyl groups is 3. The minimum Gasteiger partial charge on any atom is -0.451 e. The van der Waals surface area contributed by atoms with Gasteiger partial charge in [0.1, 0.15) is 6.10 Å². The van der Waals surface area contributed by atoms with E-state index in [1.807, 2.05) is 13.0 Å². The van der Waals surface area contributed by atoms with Crippen LogP contribution >= 0.6 is 0 Å². The van der Waals surface area contributed by atoms with Gasteiger partial charge in [0.2, 0.25) is 0 Å². The van der Waals surface area contributed by atoms with Crippen LogP contribution in [0.25, 0.3) is 0 Å². The number of carbonyl (C=O) groups is 2. The summed E-state index contributed by atoms with van der Waals surface area (Å²) in [5.41, 5.74) is -2.08. The molecule has 2 fully saturated rings. The molecule has 5 aliphatic rings. The number of esters is 1. The molecule has 2 bridgehead atoms. The number of Topliss-reactive ketones (excluding diaryl/α,β-unsaturated/α-hetero) is 1. The van der Waals surface area contributed by atoms with Gasteiger partial charge in [0.25, 0.3) is 0 Å². The van der Waals surface area contributed by atoms with E-state index in [1.54, 1.807) is 19.1 Å². The Morgan fingerprint density at radius 3 is 2.66 bits per heavy atom. The second kappa shape index (κ2) is 6.87. The molecular formula is C26H34O6. The first-order valence-corrected chi connectivity index (χ1v) is 11.9. The van der Waals surface area contributed by atoms with Crippen LogP contribution in [0.4, 0.5) is 0 Å². The number of hydrogen-bond donors (Lipinski definition) is 3. The van der Waals surface area contributed by atoms with Gasteiger partial charge in [-0.2, -0.15) is 0 Å². The van der Waals surface area contributed by atoms with Crippen LogP contribution in [0.1, 0.15) is 53.4 Å². The van der Waals surface area contributed by atoms with E-state index in [0.29, 0.717) is 23.5 Å². The Morgan fingerprint density at radius 1 is 1.31 bits per heavy atom. The van der Waals surface area contributed by atoms with E-state index in [0.717, 1.165) is 19.3 Å². The van der Waals surface area contributed by atoms with Crippen LogP contribution < -0.4 is 0 Å². The standard InChI is InChI=1S/C26H34O6/c1-13-11-25-14(2)9-18-19(24(18,3)4)17(21(25)29)10-16(12-27)20(28)26(25,31)22(13)32-23(30)15-7-5-6-8-15/h7,10-11,14,17-20,22,27-28,31H,5-6,8-9,12H2,1-4H3/t14-,17+,18-,19+,20-,22+,25+,26+/m1/s1. The highest BCUT2D eigenvalue weighted by atomic mass is 16.6. The van der Waals surface area contributed by atoms with E-state index in [-0.39, 0.29) is 28.6 Å². The molecule has 3 N–H and O–H groups in total. The molecule has 0 aliphatic heterocycles. The fraction of sp³-hybridized carbons (Fsp3) is 0.692. The number of rotatable bonds is 3. The van der Waals surface area contributed by atoms with E-state index in [9.17, 15) is 24.9 Å². The summed E-state index contributed by atoms with van der Waals surface area (Å²) in [6.45, 7) is 7.56. The smallest absolute Gasteiger partial charge is 0.334 e. The molecule has 2 saturated carbocycles. The highest BCUT2D eigenvalue weighted by Gasteiger charge is 2.76. The molecule has 0 heterocycles. The topological polar surface area (TPSA) is 104 Å². The largest absolute Gasteiger partial charge is 0.451 e. The molecule has 0 aromatic heterocycles.